The van der Waals surface area contributed by atoms with Gasteiger partial charge in [-0.15, -0.1) is 0 Å². The third-order valence-corrected chi connectivity index (χ3v) is 3.95. The first-order valence-electron chi connectivity index (χ1n) is 6.83. The minimum absolute atomic E-state index is 0.0213. The average molecular weight is 297 g/mol. The molecule has 0 spiro atoms. The van der Waals surface area contributed by atoms with Crippen molar-refractivity contribution >= 4 is 11.9 Å². The van der Waals surface area contributed by atoms with E-state index in [0.29, 0.717) is 19.5 Å². The van der Waals surface area contributed by atoms with Gasteiger partial charge in [0.05, 0.1) is 12.3 Å². The van der Waals surface area contributed by atoms with Crippen molar-refractivity contribution in [1.29, 1.82) is 0 Å². The van der Waals surface area contributed by atoms with Crippen LogP contribution < -0.4 is 0 Å². The van der Waals surface area contributed by atoms with Crippen LogP contribution in [-0.4, -0.2) is 35.0 Å². The molecule has 2 rings (SSSR count). The van der Waals surface area contributed by atoms with Gasteiger partial charge in [-0.25, -0.2) is 8.78 Å². The largest absolute Gasteiger partial charge is 0.481 e. The number of likely N-dealkylation sites (tertiary alicyclic amines) is 1. The minimum Gasteiger partial charge on any atom is -0.481 e. The van der Waals surface area contributed by atoms with Gasteiger partial charge in [0.25, 0.3) is 0 Å². The summed E-state index contributed by atoms with van der Waals surface area (Å²) in [6.07, 6.45) is 0.169. The number of carbonyl (C=O) groups excluding carboxylic acids is 1. The van der Waals surface area contributed by atoms with E-state index < -0.39 is 23.5 Å². The van der Waals surface area contributed by atoms with Crippen molar-refractivity contribution in [3.8, 4) is 0 Å². The van der Waals surface area contributed by atoms with Gasteiger partial charge in [0.15, 0.2) is 11.6 Å². The highest BCUT2D eigenvalue weighted by molar-refractivity contribution is 5.79. The van der Waals surface area contributed by atoms with E-state index >= 15 is 0 Å². The van der Waals surface area contributed by atoms with Gasteiger partial charge in [0.1, 0.15) is 0 Å². The second kappa shape index (κ2) is 6.20. The number of hydrogen-bond donors (Lipinski definition) is 1. The molecular formula is C15H17F2NO3. The summed E-state index contributed by atoms with van der Waals surface area (Å²) < 4.78 is 26.7. The van der Waals surface area contributed by atoms with Crippen LogP contribution in [-0.2, 0) is 16.0 Å². The molecular weight excluding hydrogens is 280 g/mol. The quantitative estimate of drug-likeness (QED) is 0.929. The van der Waals surface area contributed by atoms with Gasteiger partial charge in [0.2, 0.25) is 5.91 Å². The summed E-state index contributed by atoms with van der Waals surface area (Å²) in [7, 11) is 0. The van der Waals surface area contributed by atoms with E-state index in [2.05, 4.69) is 0 Å². The summed E-state index contributed by atoms with van der Waals surface area (Å²) in [6, 6.07) is 3.74. The standard InChI is InChI=1S/C15H17F2NO3/c1-9-8-18(6-5-11(9)15(20)21)13(19)7-10-3-2-4-12(16)14(10)17/h2-4,9,11H,5-8H2,1H3,(H,20,21). The van der Waals surface area contributed by atoms with Crippen molar-refractivity contribution in [3.05, 3.63) is 35.4 Å². The van der Waals surface area contributed by atoms with Crippen molar-refractivity contribution in [1.82, 2.24) is 4.90 Å². The molecule has 6 heteroatoms. The maximum Gasteiger partial charge on any atom is 0.306 e. The molecule has 114 valence electrons. The zero-order valence-electron chi connectivity index (χ0n) is 11.7. The number of piperidine rings is 1. The Morgan fingerprint density at radius 2 is 2.10 bits per heavy atom. The summed E-state index contributed by atoms with van der Waals surface area (Å²) in [5.74, 6) is -3.75. The summed E-state index contributed by atoms with van der Waals surface area (Å²) in [6.45, 7) is 2.44. The zero-order valence-corrected chi connectivity index (χ0v) is 11.7. The molecule has 1 aliphatic heterocycles. The molecule has 1 N–H and O–H groups in total. The lowest BCUT2D eigenvalue weighted by Gasteiger charge is -2.35. The monoisotopic (exact) mass is 297 g/mol. The molecule has 0 aliphatic carbocycles. The number of carbonyl (C=O) groups is 2. The molecule has 1 heterocycles. The van der Waals surface area contributed by atoms with Crippen LogP contribution in [0, 0.1) is 23.5 Å². The van der Waals surface area contributed by atoms with Crippen molar-refractivity contribution in [2.45, 2.75) is 19.8 Å². The number of carboxylic acid groups (broad SMARTS) is 1. The van der Waals surface area contributed by atoms with Crippen LogP contribution in [0.5, 0.6) is 0 Å². The lowest BCUT2D eigenvalue weighted by molar-refractivity contribution is -0.148. The van der Waals surface area contributed by atoms with Crippen molar-refractivity contribution < 1.29 is 23.5 Å². The molecule has 4 nitrogen and oxygen atoms in total. The highest BCUT2D eigenvalue weighted by Gasteiger charge is 2.33. The van der Waals surface area contributed by atoms with Crippen molar-refractivity contribution in [2.24, 2.45) is 11.8 Å². The Hall–Kier alpha value is -1.98. The molecule has 0 bridgehead atoms. The summed E-state index contributed by atoms with van der Waals surface area (Å²) in [5, 5.41) is 9.04. The molecule has 2 atom stereocenters. The summed E-state index contributed by atoms with van der Waals surface area (Å²) >= 11 is 0. The third kappa shape index (κ3) is 3.37. The van der Waals surface area contributed by atoms with Crippen LogP contribution in [0.2, 0.25) is 0 Å². The van der Waals surface area contributed by atoms with Crippen LogP contribution in [0.1, 0.15) is 18.9 Å². The Labute approximate surface area is 121 Å². The van der Waals surface area contributed by atoms with Crippen LogP contribution >= 0.6 is 0 Å². The molecule has 1 fully saturated rings. The fourth-order valence-corrected chi connectivity index (χ4v) is 2.70. The lowest BCUT2D eigenvalue weighted by atomic mass is 9.87. The SMILES string of the molecule is CC1CN(C(=O)Cc2cccc(F)c2F)CCC1C(=O)O. The topological polar surface area (TPSA) is 57.6 Å². The molecule has 0 radical (unpaired) electrons. The predicted octanol–water partition coefficient (Wildman–Crippen LogP) is 2.08. The number of aliphatic carboxylic acids is 1. The van der Waals surface area contributed by atoms with Gasteiger partial charge in [-0.2, -0.15) is 0 Å². The highest BCUT2D eigenvalue weighted by atomic mass is 19.2. The fourth-order valence-electron chi connectivity index (χ4n) is 2.70. The van der Waals surface area contributed by atoms with Gasteiger partial charge in [-0.1, -0.05) is 19.1 Å². The van der Waals surface area contributed by atoms with Gasteiger partial charge >= 0.3 is 5.97 Å². The molecule has 1 aromatic rings. The number of rotatable bonds is 3. The lowest BCUT2D eigenvalue weighted by Crippen LogP contribution is -2.45. The van der Waals surface area contributed by atoms with E-state index in [1.165, 1.54) is 17.0 Å². The molecule has 2 unspecified atom stereocenters. The van der Waals surface area contributed by atoms with Crippen molar-refractivity contribution in [3.63, 3.8) is 0 Å². The van der Waals surface area contributed by atoms with E-state index in [1.807, 2.05) is 0 Å². The highest BCUT2D eigenvalue weighted by Crippen LogP contribution is 2.24. The molecule has 0 aromatic heterocycles. The Morgan fingerprint density at radius 3 is 2.71 bits per heavy atom. The Balaban J connectivity index is 2.02. The zero-order chi connectivity index (χ0) is 15.6. The van der Waals surface area contributed by atoms with E-state index in [4.69, 9.17) is 5.11 Å². The van der Waals surface area contributed by atoms with Crippen LogP contribution in [0.4, 0.5) is 8.78 Å². The number of carboxylic acids is 1. The molecule has 1 amide bonds. The van der Waals surface area contributed by atoms with E-state index in [0.717, 1.165) is 6.07 Å². The first kappa shape index (κ1) is 15.4. The van der Waals surface area contributed by atoms with Gasteiger partial charge in [-0.05, 0) is 18.4 Å². The fraction of sp³-hybridized carbons (Fsp3) is 0.467. The Kier molecular flexibility index (Phi) is 4.55. The predicted molar refractivity (Wildman–Crippen MR) is 71.5 cm³/mol. The average Bonchev–Trinajstić information content (AvgIpc) is 2.43. The van der Waals surface area contributed by atoms with E-state index in [-0.39, 0.29) is 23.8 Å². The van der Waals surface area contributed by atoms with Crippen LogP contribution in [0.15, 0.2) is 18.2 Å². The minimum atomic E-state index is -1.00. The molecule has 0 saturated carbocycles. The first-order chi connectivity index (χ1) is 9.90. The Morgan fingerprint density at radius 1 is 1.38 bits per heavy atom. The van der Waals surface area contributed by atoms with Gasteiger partial charge < -0.3 is 10.0 Å². The summed E-state index contributed by atoms with van der Waals surface area (Å²) in [5.41, 5.74) is 0.0213. The third-order valence-electron chi connectivity index (χ3n) is 3.95. The number of nitrogens with zero attached hydrogens (tertiary/aromatic N) is 1. The molecule has 1 aliphatic rings. The van der Waals surface area contributed by atoms with E-state index in [1.54, 1.807) is 6.92 Å². The molecule has 1 aromatic carbocycles. The van der Waals surface area contributed by atoms with Crippen LogP contribution in [0.3, 0.4) is 0 Å². The number of amides is 1. The smallest absolute Gasteiger partial charge is 0.306 e. The Bertz CT molecular complexity index is 562. The summed E-state index contributed by atoms with van der Waals surface area (Å²) in [4.78, 5) is 24.7. The maximum atomic E-state index is 13.6. The first-order valence-corrected chi connectivity index (χ1v) is 6.83. The second-order valence-electron chi connectivity index (χ2n) is 5.44. The second-order valence-corrected chi connectivity index (χ2v) is 5.44. The van der Waals surface area contributed by atoms with Gasteiger partial charge in [0, 0.05) is 18.7 Å². The molecule has 21 heavy (non-hydrogen) atoms. The van der Waals surface area contributed by atoms with E-state index in [9.17, 15) is 18.4 Å². The molecule has 1 saturated heterocycles. The van der Waals surface area contributed by atoms with Crippen molar-refractivity contribution in [2.75, 3.05) is 13.1 Å². The number of benzene rings is 1. The maximum absolute atomic E-state index is 13.6. The normalized spacial score (nSPS) is 22.1. The number of hydrogen-bond acceptors (Lipinski definition) is 2. The van der Waals surface area contributed by atoms with Gasteiger partial charge in [-0.3, -0.25) is 9.59 Å². The van der Waals surface area contributed by atoms with Crippen LogP contribution in [0.25, 0.3) is 0 Å². The number of halogens is 2.